The first-order valence-corrected chi connectivity index (χ1v) is 13.0. The fourth-order valence-electron chi connectivity index (χ4n) is 4.39. The lowest BCUT2D eigenvalue weighted by Gasteiger charge is -2.20. The number of ether oxygens (including phenoxy) is 4. The molecule has 4 rings (SSSR count). The molecule has 9 heteroatoms. The second-order valence-electron chi connectivity index (χ2n) is 8.55. The molecule has 0 bridgehead atoms. The van der Waals surface area contributed by atoms with E-state index in [9.17, 15) is 9.90 Å². The van der Waals surface area contributed by atoms with Crippen molar-refractivity contribution in [1.29, 1.82) is 0 Å². The first-order valence-electron chi connectivity index (χ1n) is 12.0. The second kappa shape index (κ2) is 12.2. The first kappa shape index (κ1) is 26.6. The van der Waals surface area contributed by atoms with Crippen molar-refractivity contribution in [2.24, 2.45) is 0 Å². The quantitative estimate of drug-likeness (QED) is 0.368. The average Bonchev–Trinajstić information content (AvgIpc) is 3.44. The zero-order chi connectivity index (χ0) is 26.4. The van der Waals surface area contributed by atoms with Gasteiger partial charge in [-0.15, -0.1) is 11.8 Å². The monoisotopic (exact) mass is 524 g/mol. The summed E-state index contributed by atoms with van der Waals surface area (Å²) in [4.78, 5) is 19.8. The fraction of sp³-hybridized carbons (Fsp3) is 0.357. The number of hydrogen-bond donors (Lipinski definition) is 2. The van der Waals surface area contributed by atoms with E-state index < -0.39 is 0 Å². The molecule has 0 unspecified atom stereocenters. The SMILES string of the molecule is COc1ccc2nc(-c3cc(OC)c(OC)c(OC)c3)cc(C(=O)N[C@H](CCO)CC3=CCCS3)c2c1. The number of aromatic nitrogens is 1. The van der Waals surface area contributed by atoms with Gasteiger partial charge < -0.3 is 29.4 Å². The molecule has 1 aliphatic heterocycles. The van der Waals surface area contributed by atoms with Gasteiger partial charge in [0.1, 0.15) is 5.75 Å². The van der Waals surface area contributed by atoms with Crippen molar-refractivity contribution >= 4 is 28.6 Å². The van der Waals surface area contributed by atoms with Gasteiger partial charge in [-0.1, -0.05) is 6.08 Å². The van der Waals surface area contributed by atoms with Crippen LogP contribution in [0.2, 0.25) is 0 Å². The summed E-state index contributed by atoms with van der Waals surface area (Å²) in [5, 5.41) is 13.4. The minimum Gasteiger partial charge on any atom is -0.497 e. The Kier molecular flexibility index (Phi) is 8.78. The van der Waals surface area contributed by atoms with Crippen LogP contribution in [0.1, 0.15) is 29.6 Å². The minimum atomic E-state index is -0.239. The highest BCUT2D eigenvalue weighted by molar-refractivity contribution is 8.03. The molecule has 0 aliphatic carbocycles. The molecule has 196 valence electrons. The van der Waals surface area contributed by atoms with E-state index >= 15 is 0 Å². The Morgan fingerprint density at radius 2 is 1.81 bits per heavy atom. The largest absolute Gasteiger partial charge is 0.497 e. The van der Waals surface area contributed by atoms with Crippen LogP contribution in [0.15, 0.2) is 47.4 Å². The van der Waals surface area contributed by atoms with Gasteiger partial charge >= 0.3 is 0 Å². The number of carbonyl (C=O) groups excluding carboxylic acids is 1. The van der Waals surface area contributed by atoms with E-state index in [1.807, 2.05) is 18.2 Å². The molecule has 0 fully saturated rings. The Morgan fingerprint density at radius 3 is 2.41 bits per heavy atom. The highest BCUT2D eigenvalue weighted by Gasteiger charge is 2.22. The summed E-state index contributed by atoms with van der Waals surface area (Å²) in [6, 6.07) is 10.6. The Bertz CT molecular complexity index is 1280. The topological polar surface area (TPSA) is 99.1 Å². The van der Waals surface area contributed by atoms with Gasteiger partial charge in [0.05, 0.1) is 45.2 Å². The second-order valence-corrected chi connectivity index (χ2v) is 9.77. The van der Waals surface area contributed by atoms with E-state index in [-0.39, 0.29) is 18.6 Å². The summed E-state index contributed by atoms with van der Waals surface area (Å²) in [5.41, 5.74) is 2.39. The van der Waals surface area contributed by atoms with E-state index in [2.05, 4.69) is 11.4 Å². The van der Waals surface area contributed by atoms with E-state index in [1.54, 1.807) is 58.4 Å². The van der Waals surface area contributed by atoms with Crippen molar-refractivity contribution in [2.75, 3.05) is 40.8 Å². The first-order chi connectivity index (χ1) is 18.0. The Labute approximate surface area is 221 Å². The average molecular weight is 525 g/mol. The number of rotatable bonds is 11. The molecular formula is C28H32N2O6S. The molecule has 8 nitrogen and oxygen atoms in total. The van der Waals surface area contributed by atoms with E-state index in [0.29, 0.717) is 63.6 Å². The summed E-state index contributed by atoms with van der Waals surface area (Å²) in [5.74, 6) is 2.90. The smallest absolute Gasteiger partial charge is 0.252 e. The fourth-order valence-corrected chi connectivity index (χ4v) is 5.45. The number of methoxy groups -OCH3 is 4. The van der Waals surface area contributed by atoms with Crippen molar-refractivity contribution in [3.8, 4) is 34.3 Å². The molecular weight excluding hydrogens is 492 g/mol. The normalized spacial score (nSPS) is 13.7. The van der Waals surface area contributed by atoms with Crippen molar-refractivity contribution in [2.45, 2.75) is 25.3 Å². The van der Waals surface area contributed by atoms with Crippen LogP contribution in [0.4, 0.5) is 0 Å². The highest BCUT2D eigenvalue weighted by atomic mass is 32.2. The molecule has 2 aromatic carbocycles. The summed E-state index contributed by atoms with van der Waals surface area (Å²) in [7, 11) is 6.24. The van der Waals surface area contributed by atoms with Crippen molar-refractivity contribution in [1.82, 2.24) is 10.3 Å². The van der Waals surface area contributed by atoms with Gasteiger partial charge in [0.2, 0.25) is 5.75 Å². The molecule has 0 radical (unpaired) electrons. The maximum Gasteiger partial charge on any atom is 0.252 e. The van der Waals surface area contributed by atoms with Crippen LogP contribution in [0.5, 0.6) is 23.0 Å². The third kappa shape index (κ3) is 5.94. The lowest BCUT2D eigenvalue weighted by atomic mass is 10.0. The zero-order valence-electron chi connectivity index (χ0n) is 21.5. The zero-order valence-corrected chi connectivity index (χ0v) is 22.3. The van der Waals surface area contributed by atoms with Crippen LogP contribution in [-0.4, -0.2) is 62.8 Å². The van der Waals surface area contributed by atoms with E-state index in [4.69, 9.17) is 23.9 Å². The molecule has 1 aliphatic rings. The molecule has 1 atom stereocenters. The van der Waals surface area contributed by atoms with Gasteiger partial charge in [-0.25, -0.2) is 4.98 Å². The molecule has 1 amide bonds. The Morgan fingerprint density at radius 1 is 1.05 bits per heavy atom. The number of allylic oxidation sites excluding steroid dienone is 1. The van der Waals surface area contributed by atoms with Crippen molar-refractivity contribution in [3.05, 3.63) is 52.9 Å². The Hall–Kier alpha value is -3.43. The number of carbonyl (C=O) groups is 1. The van der Waals surface area contributed by atoms with Gasteiger partial charge in [0.15, 0.2) is 11.5 Å². The number of amides is 1. The number of nitrogens with one attached hydrogen (secondary N) is 1. The molecule has 0 saturated heterocycles. The molecule has 1 aromatic heterocycles. The Balaban J connectivity index is 1.79. The molecule has 2 N–H and O–H groups in total. The number of benzene rings is 2. The molecule has 2 heterocycles. The number of hydrogen-bond acceptors (Lipinski definition) is 8. The van der Waals surface area contributed by atoms with E-state index in [1.165, 1.54) is 4.91 Å². The predicted octanol–water partition coefficient (Wildman–Crippen LogP) is 4.83. The van der Waals surface area contributed by atoms with E-state index in [0.717, 1.165) is 12.2 Å². The highest BCUT2D eigenvalue weighted by Crippen LogP contribution is 2.41. The van der Waals surface area contributed by atoms with Gasteiger partial charge in [0, 0.05) is 29.4 Å². The van der Waals surface area contributed by atoms with Crippen LogP contribution >= 0.6 is 11.8 Å². The third-order valence-corrected chi connectivity index (χ3v) is 7.40. The summed E-state index contributed by atoms with van der Waals surface area (Å²) in [6.07, 6.45) is 4.40. The number of aliphatic hydroxyl groups is 1. The van der Waals surface area contributed by atoms with Crippen LogP contribution < -0.4 is 24.3 Å². The van der Waals surface area contributed by atoms with Gasteiger partial charge in [-0.05, 0) is 60.6 Å². The van der Waals surface area contributed by atoms with Crippen LogP contribution in [-0.2, 0) is 0 Å². The molecule has 37 heavy (non-hydrogen) atoms. The number of thioether (sulfide) groups is 1. The third-order valence-electron chi connectivity index (χ3n) is 6.26. The summed E-state index contributed by atoms with van der Waals surface area (Å²) >= 11 is 1.80. The van der Waals surface area contributed by atoms with Crippen LogP contribution in [0, 0.1) is 0 Å². The molecule has 0 spiro atoms. The maximum absolute atomic E-state index is 13.7. The standard InChI is InChI=1S/C28H32N2O6S/c1-33-19-7-8-23-21(15-19)22(28(32)29-18(9-10-31)14-20-6-5-11-37-20)16-24(30-23)17-12-25(34-2)27(36-4)26(13-17)35-3/h6-8,12-13,15-16,18,31H,5,9-11,14H2,1-4H3,(H,29,32)/t18-/m1/s1. The van der Waals surface area contributed by atoms with Crippen molar-refractivity contribution < 1.29 is 28.8 Å². The predicted molar refractivity (Wildman–Crippen MR) is 146 cm³/mol. The number of pyridine rings is 1. The minimum absolute atomic E-state index is 0.00943. The lowest BCUT2D eigenvalue weighted by molar-refractivity contribution is 0.0932. The maximum atomic E-state index is 13.7. The van der Waals surface area contributed by atoms with Crippen LogP contribution in [0.3, 0.4) is 0 Å². The number of nitrogens with zero attached hydrogens (tertiary/aromatic N) is 1. The number of fused-ring (bicyclic) bond motifs is 1. The molecule has 3 aromatic rings. The van der Waals surface area contributed by atoms with Gasteiger partial charge in [-0.3, -0.25) is 4.79 Å². The van der Waals surface area contributed by atoms with Crippen LogP contribution in [0.25, 0.3) is 22.2 Å². The van der Waals surface area contributed by atoms with Gasteiger partial charge in [0.25, 0.3) is 5.91 Å². The van der Waals surface area contributed by atoms with Crippen molar-refractivity contribution in [3.63, 3.8) is 0 Å². The number of aliphatic hydroxyl groups excluding tert-OH is 1. The summed E-state index contributed by atoms with van der Waals surface area (Å²) in [6.45, 7) is -0.00943. The lowest BCUT2D eigenvalue weighted by Crippen LogP contribution is -2.36. The van der Waals surface area contributed by atoms with Gasteiger partial charge in [-0.2, -0.15) is 0 Å². The molecule has 0 saturated carbocycles. The summed E-state index contributed by atoms with van der Waals surface area (Å²) < 4.78 is 21.9.